The predicted molar refractivity (Wildman–Crippen MR) is 141 cm³/mol. The van der Waals surface area contributed by atoms with E-state index in [4.69, 9.17) is 0 Å². The van der Waals surface area contributed by atoms with Gasteiger partial charge in [0.05, 0.1) is 5.56 Å². The highest BCUT2D eigenvalue weighted by molar-refractivity contribution is 5.87. The van der Waals surface area contributed by atoms with Gasteiger partial charge in [0.2, 0.25) is 0 Å². The molecule has 1 fully saturated rings. The highest BCUT2D eigenvalue weighted by atomic mass is 19.1. The van der Waals surface area contributed by atoms with Crippen LogP contribution in [0.2, 0.25) is 0 Å². The third-order valence-electron chi connectivity index (χ3n) is 7.36. The number of anilines is 1. The number of benzene rings is 3. The Morgan fingerprint density at radius 1 is 1.08 bits per heavy atom. The van der Waals surface area contributed by atoms with Crippen LogP contribution in [0.4, 0.5) is 10.2 Å². The van der Waals surface area contributed by atoms with Crippen LogP contribution in [0, 0.1) is 11.7 Å². The smallest absolute Gasteiger partial charge is 0.337 e. The summed E-state index contributed by atoms with van der Waals surface area (Å²) >= 11 is 0. The number of fused-ring (bicyclic) bond motifs is 1. The van der Waals surface area contributed by atoms with Crippen molar-refractivity contribution in [2.24, 2.45) is 5.92 Å². The molecule has 0 amide bonds. The van der Waals surface area contributed by atoms with Gasteiger partial charge in [-0.1, -0.05) is 60.7 Å². The van der Waals surface area contributed by atoms with Crippen molar-refractivity contribution in [1.29, 1.82) is 0 Å². The van der Waals surface area contributed by atoms with E-state index in [2.05, 4.69) is 64.6 Å². The summed E-state index contributed by atoms with van der Waals surface area (Å²) < 4.78 is 14.9. The van der Waals surface area contributed by atoms with Gasteiger partial charge in [0.15, 0.2) is 0 Å². The van der Waals surface area contributed by atoms with Crippen molar-refractivity contribution >= 4 is 22.6 Å². The van der Waals surface area contributed by atoms with E-state index in [1.807, 2.05) is 12.1 Å². The predicted octanol–water partition coefficient (Wildman–Crippen LogP) is 6.03. The number of aromatic carboxylic acids is 1. The number of nitrogens with one attached hydrogen (secondary N) is 1. The summed E-state index contributed by atoms with van der Waals surface area (Å²) in [6.45, 7) is 4.35. The molecule has 0 radical (unpaired) electrons. The summed E-state index contributed by atoms with van der Waals surface area (Å²) in [5.41, 5.74) is 2.13. The topological polar surface area (TPSA) is 65.5 Å². The summed E-state index contributed by atoms with van der Waals surface area (Å²) in [6.07, 6.45) is 2.26. The second kappa shape index (κ2) is 10.5. The number of aromatic nitrogens is 1. The lowest BCUT2D eigenvalue weighted by Gasteiger charge is -2.40. The van der Waals surface area contributed by atoms with E-state index in [1.54, 1.807) is 18.2 Å². The molecule has 6 heteroatoms. The van der Waals surface area contributed by atoms with E-state index >= 15 is 0 Å². The molecule has 3 atom stereocenters. The summed E-state index contributed by atoms with van der Waals surface area (Å²) in [5, 5.41) is 15.4. The largest absolute Gasteiger partial charge is 0.478 e. The summed E-state index contributed by atoms with van der Waals surface area (Å²) in [5.74, 6) is -0.243. The SMILES string of the molecule is C[C@@H](NCC1CCN(c2ccc(C(=O)O)cn2)CC1c1ccccc1F)c1cccc2ccccc12. The second-order valence-electron chi connectivity index (χ2n) is 9.53. The molecular weight excluding hydrogens is 453 g/mol. The van der Waals surface area contributed by atoms with Crippen molar-refractivity contribution in [3.05, 3.63) is 108 Å². The maximum Gasteiger partial charge on any atom is 0.337 e. The molecule has 2 unspecified atom stereocenters. The summed E-state index contributed by atoms with van der Waals surface area (Å²) in [7, 11) is 0. The Morgan fingerprint density at radius 3 is 2.64 bits per heavy atom. The van der Waals surface area contributed by atoms with Crippen molar-refractivity contribution in [2.45, 2.75) is 25.3 Å². The number of carboxylic acid groups (broad SMARTS) is 1. The van der Waals surface area contributed by atoms with E-state index in [0.29, 0.717) is 12.1 Å². The van der Waals surface area contributed by atoms with Crippen molar-refractivity contribution in [3.63, 3.8) is 0 Å². The summed E-state index contributed by atoms with van der Waals surface area (Å²) in [6, 6.07) is 25.3. The molecule has 36 heavy (non-hydrogen) atoms. The number of carboxylic acids is 1. The average Bonchev–Trinajstić information content (AvgIpc) is 2.91. The van der Waals surface area contributed by atoms with E-state index in [1.165, 1.54) is 28.6 Å². The van der Waals surface area contributed by atoms with Crippen LogP contribution in [0.15, 0.2) is 85.1 Å². The highest BCUT2D eigenvalue weighted by Crippen LogP contribution is 2.36. The van der Waals surface area contributed by atoms with Crippen LogP contribution in [0.5, 0.6) is 0 Å². The van der Waals surface area contributed by atoms with Crippen LogP contribution in [0.1, 0.15) is 46.8 Å². The first kappa shape index (κ1) is 23.9. The minimum absolute atomic E-state index is 0.0203. The minimum Gasteiger partial charge on any atom is -0.478 e. The van der Waals surface area contributed by atoms with Gasteiger partial charge in [-0.05, 0) is 65.9 Å². The molecule has 5 nitrogen and oxygen atoms in total. The van der Waals surface area contributed by atoms with Gasteiger partial charge >= 0.3 is 5.97 Å². The van der Waals surface area contributed by atoms with Crippen LogP contribution in [0.25, 0.3) is 10.8 Å². The number of hydrogen-bond acceptors (Lipinski definition) is 4. The molecule has 0 saturated carbocycles. The lowest BCUT2D eigenvalue weighted by molar-refractivity contribution is 0.0696. The second-order valence-corrected chi connectivity index (χ2v) is 9.53. The Kier molecular flexibility index (Phi) is 6.96. The number of pyridine rings is 1. The van der Waals surface area contributed by atoms with E-state index in [9.17, 15) is 14.3 Å². The molecule has 184 valence electrons. The fourth-order valence-electron chi connectivity index (χ4n) is 5.35. The maximum absolute atomic E-state index is 14.9. The van der Waals surface area contributed by atoms with Gasteiger partial charge in [-0.25, -0.2) is 14.2 Å². The summed E-state index contributed by atoms with van der Waals surface area (Å²) in [4.78, 5) is 17.7. The van der Waals surface area contributed by atoms with Gasteiger partial charge in [-0.15, -0.1) is 0 Å². The van der Waals surface area contributed by atoms with Crippen LogP contribution in [-0.2, 0) is 0 Å². The fourth-order valence-corrected chi connectivity index (χ4v) is 5.35. The zero-order valence-corrected chi connectivity index (χ0v) is 20.3. The molecule has 1 aliphatic heterocycles. The number of nitrogens with zero attached hydrogens (tertiary/aromatic N) is 2. The lowest BCUT2D eigenvalue weighted by atomic mass is 9.80. The average molecular weight is 484 g/mol. The molecule has 1 aliphatic rings. The Bertz CT molecular complexity index is 1350. The number of rotatable bonds is 7. The van der Waals surface area contributed by atoms with Crippen molar-refractivity contribution in [1.82, 2.24) is 10.3 Å². The monoisotopic (exact) mass is 483 g/mol. The molecule has 1 saturated heterocycles. The number of hydrogen-bond donors (Lipinski definition) is 2. The van der Waals surface area contributed by atoms with Crippen LogP contribution >= 0.6 is 0 Å². The Hall–Kier alpha value is -3.77. The van der Waals surface area contributed by atoms with Gasteiger partial charge in [-0.3, -0.25) is 0 Å². The van der Waals surface area contributed by atoms with Crippen molar-refractivity contribution in [3.8, 4) is 0 Å². The zero-order chi connectivity index (χ0) is 25.1. The first-order chi connectivity index (χ1) is 17.5. The normalized spacial score (nSPS) is 18.8. The molecule has 2 heterocycles. The maximum atomic E-state index is 14.9. The fraction of sp³-hybridized carbons (Fsp3) is 0.267. The van der Waals surface area contributed by atoms with Crippen molar-refractivity contribution < 1.29 is 14.3 Å². The van der Waals surface area contributed by atoms with E-state index < -0.39 is 5.97 Å². The van der Waals surface area contributed by atoms with Gasteiger partial charge < -0.3 is 15.3 Å². The Balaban J connectivity index is 1.36. The number of carbonyl (C=O) groups is 1. The van der Waals surface area contributed by atoms with Crippen LogP contribution in [0.3, 0.4) is 0 Å². The molecule has 0 aliphatic carbocycles. The van der Waals surface area contributed by atoms with Crippen LogP contribution in [-0.4, -0.2) is 35.7 Å². The first-order valence-electron chi connectivity index (χ1n) is 12.4. The molecule has 3 aromatic carbocycles. The Labute approximate surface area is 210 Å². The molecule has 0 spiro atoms. The van der Waals surface area contributed by atoms with Crippen LogP contribution < -0.4 is 10.2 Å². The third kappa shape index (κ3) is 4.95. The molecule has 5 rings (SSSR count). The molecule has 2 N–H and O–H groups in total. The van der Waals surface area contributed by atoms with Gasteiger partial charge in [0.1, 0.15) is 11.6 Å². The van der Waals surface area contributed by atoms with Gasteiger partial charge in [-0.2, -0.15) is 0 Å². The molecular formula is C30H30FN3O2. The molecule has 0 bridgehead atoms. The lowest BCUT2D eigenvalue weighted by Crippen LogP contribution is -2.43. The number of halogens is 1. The van der Waals surface area contributed by atoms with E-state index in [0.717, 1.165) is 25.3 Å². The first-order valence-corrected chi connectivity index (χ1v) is 12.4. The zero-order valence-electron chi connectivity index (χ0n) is 20.3. The van der Waals surface area contributed by atoms with Gasteiger partial charge in [0, 0.05) is 31.2 Å². The molecule has 1 aromatic heterocycles. The van der Waals surface area contributed by atoms with Gasteiger partial charge in [0.25, 0.3) is 0 Å². The number of piperidine rings is 1. The third-order valence-corrected chi connectivity index (χ3v) is 7.36. The highest BCUT2D eigenvalue weighted by Gasteiger charge is 2.33. The standard InChI is InChI=1S/C30H30FN3O2/c1-20(24-11-6-8-21-7-2-3-9-25(21)24)32-17-22-15-16-34(29-14-13-23(18-33-29)30(35)36)19-27(22)26-10-4-5-12-28(26)31/h2-14,18,20,22,27,32H,15-17,19H2,1H3,(H,35,36)/t20-,22?,27?/m1/s1. The minimum atomic E-state index is -0.997. The quantitative estimate of drug-likeness (QED) is 0.336. The van der Waals surface area contributed by atoms with Crippen molar-refractivity contribution in [2.75, 3.05) is 24.5 Å². The van der Waals surface area contributed by atoms with E-state index in [-0.39, 0.29) is 29.3 Å². The Morgan fingerprint density at radius 2 is 1.86 bits per heavy atom. The molecule has 4 aromatic rings.